The van der Waals surface area contributed by atoms with Crippen LogP contribution < -0.4 is 9.62 Å². The normalized spacial score (nSPS) is 16.4. The van der Waals surface area contributed by atoms with Gasteiger partial charge in [0, 0.05) is 42.8 Å². The van der Waals surface area contributed by atoms with Crippen LogP contribution in [0.3, 0.4) is 0 Å². The van der Waals surface area contributed by atoms with Gasteiger partial charge in [0.1, 0.15) is 0 Å². The first-order valence-corrected chi connectivity index (χ1v) is 12.9. The molecule has 0 spiro atoms. The van der Waals surface area contributed by atoms with Gasteiger partial charge in [0.05, 0.1) is 11.4 Å². The molecular weight excluding hydrogens is 441 g/mol. The first-order valence-electron chi connectivity index (χ1n) is 10.3. The Labute approximate surface area is 190 Å². The second-order valence-corrected chi connectivity index (χ2v) is 10.1. The third-order valence-electron chi connectivity index (χ3n) is 5.57. The number of halogens is 2. The van der Waals surface area contributed by atoms with Crippen LogP contribution in [0.4, 0.5) is 11.4 Å². The van der Waals surface area contributed by atoms with Crippen LogP contribution in [0, 0.1) is 0 Å². The summed E-state index contributed by atoms with van der Waals surface area (Å²) in [5, 5.41) is 0.615. The third-order valence-corrected chi connectivity index (χ3v) is 7.61. The van der Waals surface area contributed by atoms with Crippen molar-refractivity contribution in [1.82, 2.24) is 4.90 Å². The van der Waals surface area contributed by atoms with Crippen LogP contribution >= 0.6 is 23.2 Å². The number of nitrogens with zero attached hydrogens (tertiary/aromatic N) is 2. The molecule has 1 heterocycles. The molecule has 1 N–H and O–H groups in total. The molecule has 0 saturated carbocycles. The zero-order valence-electron chi connectivity index (χ0n) is 17.2. The average Bonchev–Trinajstić information content (AvgIpc) is 2.75. The molecule has 1 atom stereocenters. The lowest BCUT2D eigenvalue weighted by Gasteiger charge is -2.35. The summed E-state index contributed by atoms with van der Waals surface area (Å²) in [5.41, 5.74) is 2.52. The van der Waals surface area contributed by atoms with Crippen molar-refractivity contribution in [1.29, 1.82) is 0 Å². The molecule has 0 amide bonds. The molecule has 2 aromatic carbocycles. The number of benzene rings is 2. The number of anilines is 2. The lowest BCUT2D eigenvalue weighted by Crippen LogP contribution is -2.46. The maximum absolute atomic E-state index is 12.7. The Hall–Kier alpha value is -1.47. The van der Waals surface area contributed by atoms with Gasteiger partial charge in [-0.3, -0.25) is 4.72 Å². The highest BCUT2D eigenvalue weighted by atomic mass is 35.5. The molecule has 0 aliphatic carbocycles. The molecule has 1 unspecified atom stereocenters. The standard InChI is InChI=1S/C22H29Cl2N3O2S/c1-2-26-11-13-27(14-12-26)20-7-5-6-19(16-20)25-30(28,29)15-10-18(17-23)21-8-3-4-9-22(21)24/h3-9,16,18,25H,2,10-15,17H2,1H3. The highest BCUT2D eigenvalue weighted by molar-refractivity contribution is 7.92. The molecule has 1 fully saturated rings. The van der Waals surface area contributed by atoms with Crippen molar-refractivity contribution < 1.29 is 8.42 Å². The summed E-state index contributed by atoms with van der Waals surface area (Å²) >= 11 is 12.4. The molecule has 164 valence electrons. The number of hydrogen-bond acceptors (Lipinski definition) is 4. The molecule has 1 aliphatic rings. The number of alkyl halides is 1. The molecule has 0 aromatic heterocycles. The Bertz CT molecular complexity index is 931. The van der Waals surface area contributed by atoms with Gasteiger partial charge in [0.25, 0.3) is 0 Å². The first-order chi connectivity index (χ1) is 14.4. The zero-order chi connectivity index (χ0) is 21.6. The van der Waals surface area contributed by atoms with Crippen LogP contribution in [0.5, 0.6) is 0 Å². The maximum Gasteiger partial charge on any atom is 0.232 e. The van der Waals surface area contributed by atoms with E-state index in [1.54, 1.807) is 12.1 Å². The van der Waals surface area contributed by atoms with Crippen LogP contribution in [0.2, 0.25) is 5.02 Å². The van der Waals surface area contributed by atoms with Crippen molar-refractivity contribution in [3.05, 3.63) is 59.1 Å². The van der Waals surface area contributed by atoms with Gasteiger partial charge >= 0.3 is 0 Å². The van der Waals surface area contributed by atoms with Gasteiger partial charge in [0.2, 0.25) is 10.0 Å². The van der Waals surface area contributed by atoms with E-state index in [0.717, 1.165) is 44.0 Å². The quantitative estimate of drug-likeness (QED) is 0.543. The monoisotopic (exact) mass is 469 g/mol. The van der Waals surface area contributed by atoms with Gasteiger partial charge in [-0.25, -0.2) is 8.42 Å². The average molecular weight is 470 g/mol. The molecule has 3 rings (SSSR count). The fourth-order valence-corrected chi connectivity index (χ4v) is 5.53. The van der Waals surface area contributed by atoms with E-state index in [4.69, 9.17) is 23.2 Å². The topological polar surface area (TPSA) is 52.6 Å². The van der Waals surface area contributed by atoms with Crippen molar-refractivity contribution in [2.75, 3.05) is 54.0 Å². The van der Waals surface area contributed by atoms with Crippen LogP contribution in [-0.4, -0.2) is 57.7 Å². The van der Waals surface area contributed by atoms with Gasteiger partial charge < -0.3 is 9.80 Å². The van der Waals surface area contributed by atoms with Gasteiger partial charge in [0.15, 0.2) is 0 Å². The number of sulfonamides is 1. The Kier molecular flexibility index (Phi) is 8.28. The smallest absolute Gasteiger partial charge is 0.232 e. The van der Waals surface area contributed by atoms with Gasteiger partial charge in [-0.2, -0.15) is 0 Å². The summed E-state index contributed by atoms with van der Waals surface area (Å²) in [7, 11) is -3.50. The first kappa shape index (κ1) is 23.2. The van der Waals surface area contributed by atoms with E-state index in [1.807, 2.05) is 36.4 Å². The number of nitrogens with one attached hydrogen (secondary N) is 1. The van der Waals surface area contributed by atoms with E-state index in [1.165, 1.54) is 0 Å². The van der Waals surface area contributed by atoms with Crippen LogP contribution in [0.25, 0.3) is 0 Å². The third kappa shape index (κ3) is 6.27. The van der Waals surface area contributed by atoms with Gasteiger partial charge in [-0.05, 0) is 48.7 Å². The summed E-state index contributed by atoms with van der Waals surface area (Å²) < 4.78 is 28.1. The van der Waals surface area contributed by atoms with E-state index in [0.29, 0.717) is 23.0 Å². The van der Waals surface area contributed by atoms with E-state index < -0.39 is 10.0 Å². The summed E-state index contributed by atoms with van der Waals surface area (Å²) in [6, 6.07) is 15.1. The van der Waals surface area contributed by atoms with Gasteiger partial charge in [-0.15, -0.1) is 11.6 Å². The number of rotatable bonds is 9. The van der Waals surface area contributed by atoms with Crippen LogP contribution in [0.15, 0.2) is 48.5 Å². The highest BCUT2D eigenvalue weighted by Crippen LogP contribution is 2.29. The lowest BCUT2D eigenvalue weighted by molar-refractivity contribution is 0.271. The van der Waals surface area contributed by atoms with Crippen molar-refractivity contribution >= 4 is 44.6 Å². The largest absolute Gasteiger partial charge is 0.369 e. The summed E-state index contributed by atoms with van der Waals surface area (Å²) in [5.74, 6) is 0.186. The van der Waals surface area contributed by atoms with E-state index >= 15 is 0 Å². The SMILES string of the molecule is CCN1CCN(c2cccc(NS(=O)(=O)CCC(CCl)c3ccccc3Cl)c2)CC1. The fraction of sp³-hybridized carbons (Fsp3) is 0.455. The van der Waals surface area contributed by atoms with E-state index in [9.17, 15) is 8.42 Å². The molecular formula is C22H29Cl2N3O2S. The number of hydrogen-bond donors (Lipinski definition) is 1. The Morgan fingerprint density at radius 2 is 1.80 bits per heavy atom. The van der Waals surface area contributed by atoms with Crippen molar-refractivity contribution in [3.63, 3.8) is 0 Å². The molecule has 5 nitrogen and oxygen atoms in total. The predicted molar refractivity (Wildman–Crippen MR) is 128 cm³/mol. The lowest BCUT2D eigenvalue weighted by atomic mass is 9.98. The Morgan fingerprint density at radius 1 is 1.07 bits per heavy atom. The molecule has 8 heteroatoms. The molecule has 30 heavy (non-hydrogen) atoms. The van der Waals surface area contributed by atoms with Gasteiger partial charge in [-0.1, -0.05) is 42.8 Å². The fourth-order valence-electron chi connectivity index (χ4n) is 3.74. The zero-order valence-corrected chi connectivity index (χ0v) is 19.6. The predicted octanol–water partition coefficient (Wildman–Crippen LogP) is 4.64. The Balaban J connectivity index is 1.62. The molecule has 1 aliphatic heterocycles. The summed E-state index contributed by atoms with van der Waals surface area (Å²) in [6.45, 7) is 7.16. The minimum absolute atomic E-state index is 0.0188. The molecule has 0 bridgehead atoms. The summed E-state index contributed by atoms with van der Waals surface area (Å²) in [4.78, 5) is 4.71. The van der Waals surface area contributed by atoms with Crippen molar-refractivity contribution in [3.8, 4) is 0 Å². The van der Waals surface area contributed by atoms with Crippen molar-refractivity contribution in [2.45, 2.75) is 19.3 Å². The van der Waals surface area contributed by atoms with E-state index in [2.05, 4.69) is 21.4 Å². The summed E-state index contributed by atoms with van der Waals surface area (Å²) in [6.07, 6.45) is 0.404. The van der Waals surface area contributed by atoms with Crippen LogP contribution in [-0.2, 0) is 10.0 Å². The molecule has 1 saturated heterocycles. The second kappa shape index (κ2) is 10.7. The maximum atomic E-state index is 12.7. The minimum Gasteiger partial charge on any atom is -0.369 e. The molecule has 2 aromatic rings. The van der Waals surface area contributed by atoms with Crippen LogP contribution in [0.1, 0.15) is 24.8 Å². The highest BCUT2D eigenvalue weighted by Gasteiger charge is 2.20. The van der Waals surface area contributed by atoms with Crippen molar-refractivity contribution in [2.24, 2.45) is 0 Å². The molecule has 0 radical (unpaired) electrons. The number of likely N-dealkylation sites (N-methyl/N-ethyl adjacent to an activating group) is 1. The number of piperazine rings is 1. The van der Waals surface area contributed by atoms with E-state index in [-0.39, 0.29) is 11.7 Å². The Morgan fingerprint density at radius 3 is 2.47 bits per heavy atom. The minimum atomic E-state index is -3.50. The second-order valence-electron chi connectivity index (χ2n) is 7.55.